The van der Waals surface area contributed by atoms with Gasteiger partial charge in [0.2, 0.25) is 5.08 Å². The maximum atomic E-state index is 13.4. The quantitative estimate of drug-likeness (QED) is 0.546. The zero-order chi connectivity index (χ0) is 18.8. The van der Waals surface area contributed by atoms with Crippen molar-refractivity contribution in [2.24, 2.45) is 0 Å². The lowest BCUT2D eigenvalue weighted by atomic mass is 10.3. The summed E-state index contributed by atoms with van der Waals surface area (Å²) >= 11 is 0. The van der Waals surface area contributed by atoms with Crippen molar-refractivity contribution in [1.82, 2.24) is 0 Å². The molecule has 0 radical (unpaired) electrons. The van der Waals surface area contributed by atoms with Crippen LogP contribution >= 0.6 is 0 Å². The molecule has 0 N–H and O–H groups in total. The van der Waals surface area contributed by atoms with Crippen molar-refractivity contribution in [3.05, 3.63) is 59.7 Å². The van der Waals surface area contributed by atoms with E-state index in [4.69, 9.17) is 0 Å². The van der Waals surface area contributed by atoms with Gasteiger partial charge in [-0.2, -0.15) is 16.8 Å². The van der Waals surface area contributed by atoms with Crippen molar-refractivity contribution >= 4 is 20.2 Å². The molecule has 2 aromatic rings. The Morgan fingerprint density at radius 3 is 1.36 bits per heavy atom. The van der Waals surface area contributed by atoms with E-state index in [-0.39, 0.29) is 0 Å². The molecule has 6 nitrogen and oxygen atoms in total. The van der Waals surface area contributed by atoms with E-state index in [1.165, 1.54) is 0 Å². The Labute approximate surface area is 139 Å². The van der Waals surface area contributed by atoms with E-state index in [9.17, 15) is 34.4 Å². The van der Waals surface area contributed by atoms with Crippen LogP contribution in [-0.2, 0) is 20.2 Å². The lowest BCUT2D eigenvalue weighted by Gasteiger charge is -2.10. The molecular formula is C13H8F4O6S2. The van der Waals surface area contributed by atoms with Gasteiger partial charge in [0.05, 0.1) is 0 Å². The number of hydrogen-bond acceptors (Lipinski definition) is 6. The van der Waals surface area contributed by atoms with E-state index in [0.29, 0.717) is 36.4 Å². The molecule has 0 unspecified atom stereocenters. The number of benzene rings is 2. The van der Waals surface area contributed by atoms with E-state index in [1.807, 2.05) is 0 Å². The summed E-state index contributed by atoms with van der Waals surface area (Å²) in [6.45, 7) is 0. The highest BCUT2D eigenvalue weighted by Crippen LogP contribution is 2.22. The summed E-state index contributed by atoms with van der Waals surface area (Å²) in [6, 6.07) is 3.29. The van der Waals surface area contributed by atoms with Gasteiger partial charge in [0.25, 0.3) is 0 Å². The molecule has 0 saturated heterocycles. The fraction of sp³-hybridized carbons (Fsp3) is 0.0769. The van der Waals surface area contributed by atoms with Crippen LogP contribution in [0.3, 0.4) is 0 Å². The molecule has 0 aliphatic rings. The van der Waals surface area contributed by atoms with Crippen LogP contribution in [0.4, 0.5) is 17.6 Å². The maximum absolute atomic E-state index is 13.4. The predicted octanol–water partition coefficient (Wildman–Crippen LogP) is 2.32. The Balaban J connectivity index is 2.17. The van der Waals surface area contributed by atoms with Crippen LogP contribution < -0.4 is 8.37 Å². The van der Waals surface area contributed by atoms with Crippen molar-refractivity contribution in [2.45, 2.75) is 0 Å². The molecule has 12 heteroatoms. The molecule has 0 atom stereocenters. The normalized spacial score (nSPS) is 12.0. The first kappa shape index (κ1) is 19.0. The van der Waals surface area contributed by atoms with Crippen molar-refractivity contribution in [3.8, 4) is 11.5 Å². The molecule has 0 saturated carbocycles. The zero-order valence-corrected chi connectivity index (χ0v) is 13.6. The first-order chi connectivity index (χ1) is 11.5. The fourth-order valence-electron chi connectivity index (χ4n) is 1.58. The standard InChI is InChI=1S/C13H8F4O6S2/c14-8-1-3-12(10(16)5-8)22-24(18,19)7-25(20,21)23-13-4-2-9(15)6-11(13)17/h1-6H,7H2. The summed E-state index contributed by atoms with van der Waals surface area (Å²) < 4.78 is 107. The SMILES string of the molecule is O=S(=O)(CS(=O)(=O)Oc1ccc(F)cc1F)Oc1ccc(F)cc1F. The van der Waals surface area contributed by atoms with Crippen molar-refractivity contribution in [3.63, 3.8) is 0 Å². The summed E-state index contributed by atoms with van der Waals surface area (Å²) in [5.41, 5.74) is 0. The molecule has 0 heterocycles. The molecule has 0 aromatic heterocycles. The third-order valence-electron chi connectivity index (χ3n) is 2.51. The van der Waals surface area contributed by atoms with E-state index in [0.717, 1.165) is 0 Å². The Morgan fingerprint density at radius 1 is 0.680 bits per heavy atom. The third kappa shape index (κ3) is 5.32. The smallest absolute Gasteiger partial charge is 0.327 e. The van der Waals surface area contributed by atoms with Crippen molar-refractivity contribution in [1.29, 1.82) is 0 Å². The van der Waals surface area contributed by atoms with Crippen LogP contribution in [0.25, 0.3) is 0 Å². The second-order valence-electron chi connectivity index (χ2n) is 4.55. The molecule has 25 heavy (non-hydrogen) atoms. The molecule has 0 spiro atoms. The van der Waals surface area contributed by atoms with Crippen LogP contribution in [0.5, 0.6) is 11.5 Å². The average Bonchev–Trinajstić information content (AvgIpc) is 2.44. The van der Waals surface area contributed by atoms with E-state index in [2.05, 4.69) is 8.37 Å². The fourth-order valence-corrected chi connectivity index (χ4v) is 4.20. The van der Waals surface area contributed by atoms with Crippen LogP contribution in [0.15, 0.2) is 36.4 Å². The second-order valence-corrected chi connectivity index (χ2v) is 8.06. The van der Waals surface area contributed by atoms with Gasteiger partial charge in [0, 0.05) is 12.1 Å². The minimum Gasteiger partial charge on any atom is -0.378 e. The van der Waals surface area contributed by atoms with Gasteiger partial charge in [0.15, 0.2) is 23.1 Å². The van der Waals surface area contributed by atoms with Gasteiger partial charge in [-0.25, -0.2) is 17.6 Å². The van der Waals surface area contributed by atoms with Gasteiger partial charge in [-0.15, -0.1) is 0 Å². The molecule has 2 rings (SSSR count). The van der Waals surface area contributed by atoms with Crippen molar-refractivity contribution in [2.75, 3.05) is 5.08 Å². The van der Waals surface area contributed by atoms with Gasteiger partial charge >= 0.3 is 20.2 Å². The molecule has 0 bridgehead atoms. The molecule has 136 valence electrons. The number of rotatable bonds is 6. The van der Waals surface area contributed by atoms with Crippen molar-refractivity contribution < 1.29 is 42.8 Å². The van der Waals surface area contributed by atoms with E-state index < -0.39 is 60.1 Å². The van der Waals surface area contributed by atoms with Gasteiger partial charge in [-0.3, -0.25) is 0 Å². The first-order valence-electron chi connectivity index (χ1n) is 6.22. The topological polar surface area (TPSA) is 86.7 Å². The lowest BCUT2D eigenvalue weighted by molar-refractivity contribution is 0.448. The minimum atomic E-state index is -4.94. The highest BCUT2D eigenvalue weighted by Gasteiger charge is 2.28. The number of hydrogen-bond donors (Lipinski definition) is 0. The Kier molecular flexibility index (Phi) is 5.23. The summed E-state index contributed by atoms with van der Waals surface area (Å²) in [4.78, 5) is 0. The van der Waals surface area contributed by atoms with E-state index >= 15 is 0 Å². The second kappa shape index (κ2) is 6.88. The van der Waals surface area contributed by atoms with Crippen LogP contribution in [-0.4, -0.2) is 21.9 Å². The molecule has 0 amide bonds. The van der Waals surface area contributed by atoms with Crippen LogP contribution in [0.2, 0.25) is 0 Å². The molecule has 0 aliphatic carbocycles. The van der Waals surface area contributed by atoms with E-state index in [1.54, 1.807) is 0 Å². The van der Waals surface area contributed by atoms with Gasteiger partial charge < -0.3 is 8.37 Å². The maximum Gasteiger partial charge on any atom is 0.327 e. The largest absolute Gasteiger partial charge is 0.378 e. The number of halogens is 4. The summed E-state index contributed by atoms with van der Waals surface area (Å²) in [7, 11) is -9.88. The highest BCUT2D eigenvalue weighted by atomic mass is 32.3. The van der Waals surface area contributed by atoms with Crippen LogP contribution in [0, 0.1) is 23.3 Å². The van der Waals surface area contributed by atoms with Gasteiger partial charge in [-0.1, -0.05) is 0 Å². The summed E-state index contributed by atoms with van der Waals surface area (Å²) in [5.74, 6) is -6.66. The first-order valence-corrected chi connectivity index (χ1v) is 9.37. The van der Waals surface area contributed by atoms with Crippen LogP contribution in [0.1, 0.15) is 0 Å². The third-order valence-corrected chi connectivity index (χ3v) is 5.69. The lowest BCUT2D eigenvalue weighted by Crippen LogP contribution is -2.25. The summed E-state index contributed by atoms with van der Waals surface area (Å²) in [6.07, 6.45) is 0. The molecular weight excluding hydrogens is 392 g/mol. The Hall–Kier alpha value is -2.34. The Morgan fingerprint density at radius 2 is 1.04 bits per heavy atom. The zero-order valence-electron chi connectivity index (χ0n) is 11.9. The van der Waals surface area contributed by atoms with Gasteiger partial charge in [-0.05, 0) is 24.3 Å². The minimum absolute atomic E-state index is 0.323. The van der Waals surface area contributed by atoms with Gasteiger partial charge in [0.1, 0.15) is 11.6 Å². The predicted molar refractivity (Wildman–Crippen MR) is 76.7 cm³/mol. The average molecular weight is 400 g/mol. The highest BCUT2D eigenvalue weighted by molar-refractivity contribution is 8.04. The monoisotopic (exact) mass is 400 g/mol. The summed E-state index contributed by atoms with van der Waals surface area (Å²) in [5, 5.41) is -1.80. The molecule has 0 fully saturated rings. The Bertz CT molecular complexity index is 924. The molecule has 2 aromatic carbocycles. The molecule has 0 aliphatic heterocycles.